The van der Waals surface area contributed by atoms with Gasteiger partial charge in [-0.3, -0.25) is 0 Å². The van der Waals surface area contributed by atoms with Crippen LogP contribution in [0.1, 0.15) is 31.0 Å². The number of aromatic amines is 1. The SMILES string of the molecule is CCC1=CN2CCc3c([nH]c4ccccc34)[C@@](OC)(C(=O)OC)C[C@H](C2)[C@H]1C#N. The van der Waals surface area contributed by atoms with Crippen molar-refractivity contribution >= 4 is 16.9 Å². The molecule has 0 unspecified atom stereocenters. The molecular formula is C23H27N3O3. The number of para-hydroxylation sites is 1. The average Bonchev–Trinajstić information content (AvgIpc) is 3.14. The maximum absolute atomic E-state index is 13.2. The molecule has 1 aromatic heterocycles. The summed E-state index contributed by atoms with van der Waals surface area (Å²) in [6.45, 7) is 3.64. The first-order chi connectivity index (χ1) is 14.1. The van der Waals surface area contributed by atoms with Gasteiger partial charge in [-0.25, -0.2) is 4.79 Å². The van der Waals surface area contributed by atoms with Gasteiger partial charge >= 0.3 is 5.97 Å². The summed E-state index contributed by atoms with van der Waals surface area (Å²) in [5.74, 6) is -0.691. The number of H-pyrrole nitrogens is 1. The lowest BCUT2D eigenvalue weighted by Crippen LogP contribution is -2.45. The number of nitriles is 1. The van der Waals surface area contributed by atoms with E-state index in [9.17, 15) is 10.1 Å². The zero-order valence-corrected chi connectivity index (χ0v) is 17.2. The minimum atomic E-state index is -1.27. The Kier molecular flexibility index (Phi) is 5.10. The van der Waals surface area contributed by atoms with Crippen LogP contribution < -0.4 is 0 Å². The number of rotatable bonds is 3. The molecule has 0 saturated carbocycles. The summed E-state index contributed by atoms with van der Waals surface area (Å²) >= 11 is 0. The van der Waals surface area contributed by atoms with Crippen LogP contribution in [0.2, 0.25) is 0 Å². The van der Waals surface area contributed by atoms with E-state index < -0.39 is 11.6 Å². The van der Waals surface area contributed by atoms with Crippen LogP contribution in [-0.4, -0.2) is 43.2 Å². The number of hydrogen-bond acceptors (Lipinski definition) is 5. The minimum Gasteiger partial charge on any atom is -0.467 e. The maximum Gasteiger partial charge on any atom is 0.344 e. The predicted octanol–water partition coefficient (Wildman–Crippen LogP) is 3.49. The zero-order valence-electron chi connectivity index (χ0n) is 17.2. The third kappa shape index (κ3) is 3.01. The number of esters is 1. The first-order valence-corrected chi connectivity index (χ1v) is 10.2. The second-order valence-corrected chi connectivity index (χ2v) is 7.92. The van der Waals surface area contributed by atoms with Crippen molar-refractivity contribution in [1.82, 2.24) is 9.88 Å². The van der Waals surface area contributed by atoms with E-state index in [2.05, 4.69) is 35.1 Å². The van der Waals surface area contributed by atoms with Crippen molar-refractivity contribution in [3.63, 3.8) is 0 Å². The van der Waals surface area contributed by atoms with E-state index in [1.54, 1.807) is 7.11 Å². The molecule has 0 saturated heterocycles. The fraction of sp³-hybridized carbons (Fsp3) is 0.478. The van der Waals surface area contributed by atoms with E-state index in [1.165, 1.54) is 7.11 Å². The second kappa shape index (κ2) is 7.57. The van der Waals surface area contributed by atoms with Crippen LogP contribution in [-0.2, 0) is 26.3 Å². The smallest absolute Gasteiger partial charge is 0.344 e. The second-order valence-electron chi connectivity index (χ2n) is 7.92. The molecule has 0 amide bonds. The Morgan fingerprint density at radius 3 is 2.86 bits per heavy atom. The standard InChI is InChI=1S/C23H27N3O3/c1-4-15-13-26-10-9-18-17-7-5-6-8-20(17)25-21(18)23(29-3,22(27)28-2)11-16(14-26)19(15)12-24/h5-8,13,16,19,25H,4,9-11,14H2,1-3H3/t16-,19+,23-/m1/s1. The Labute approximate surface area is 171 Å². The molecular weight excluding hydrogens is 366 g/mol. The lowest BCUT2D eigenvalue weighted by Gasteiger charge is -2.39. The summed E-state index contributed by atoms with van der Waals surface area (Å²) in [5.41, 5.74) is 2.67. The van der Waals surface area contributed by atoms with Crippen molar-refractivity contribution in [3.8, 4) is 6.07 Å². The number of allylic oxidation sites excluding steroid dienone is 1. The van der Waals surface area contributed by atoms with Gasteiger partial charge in [-0.05, 0) is 48.6 Å². The molecule has 2 aromatic rings. The Morgan fingerprint density at radius 2 is 2.17 bits per heavy atom. The van der Waals surface area contributed by atoms with Crippen LogP contribution in [0.4, 0.5) is 0 Å². The Hall–Kier alpha value is -2.78. The predicted molar refractivity (Wildman–Crippen MR) is 110 cm³/mol. The van der Waals surface area contributed by atoms with Gasteiger partial charge in [-0.2, -0.15) is 5.26 Å². The minimum absolute atomic E-state index is 0.0311. The molecule has 0 radical (unpaired) electrons. The molecule has 3 atom stereocenters. The quantitative estimate of drug-likeness (QED) is 0.808. The normalized spacial score (nSPS) is 26.6. The van der Waals surface area contributed by atoms with Gasteiger partial charge in [-0.15, -0.1) is 0 Å². The molecule has 2 aliphatic rings. The molecule has 0 fully saturated rings. The molecule has 0 aliphatic carbocycles. The summed E-state index contributed by atoms with van der Waals surface area (Å²) in [4.78, 5) is 18.9. The van der Waals surface area contributed by atoms with Crippen molar-refractivity contribution in [2.75, 3.05) is 27.3 Å². The van der Waals surface area contributed by atoms with Crippen LogP contribution in [0.5, 0.6) is 0 Å². The summed E-state index contributed by atoms with van der Waals surface area (Å²) in [7, 11) is 2.95. The van der Waals surface area contributed by atoms with E-state index >= 15 is 0 Å². The summed E-state index contributed by atoms with van der Waals surface area (Å²) in [6, 6.07) is 10.6. The highest BCUT2D eigenvalue weighted by Gasteiger charge is 2.49. The molecule has 152 valence electrons. The highest BCUT2D eigenvalue weighted by Crippen LogP contribution is 2.44. The van der Waals surface area contributed by atoms with Gasteiger partial charge in [0.05, 0.1) is 24.8 Å². The van der Waals surface area contributed by atoms with Crippen molar-refractivity contribution < 1.29 is 14.3 Å². The number of methoxy groups -OCH3 is 2. The molecule has 6 heteroatoms. The van der Waals surface area contributed by atoms with Gasteiger partial charge in [0.2, 0.25) is 5.60 Å². The first-order valence-electron chi connectivity index (χ1n) is 10.2. The molecule has 4 rings (SSSR count). The average molecular weight is 393 g/mol. The fourth-order valence-corrected chi connectivity index (χ4v) is 5.06. The van der Waals surface area contributed by atoms with E-state index in [4.69, 9.17) is 9.47 Å². The molecule has 2 bridgehead atoms. The molecule has 0 spiro atoms. The number of nitrogens with zero attached hydrogens (tertiary/aromatic N) is 2. The lowest BCUT2D eigenvalue weighted by molar-refractivity contribution is -0.171. The first kappa shape index (κ1) is 19.5. The van der Waals surface area contributed by atoms with Gasteiger partial charge in [0, 0.05) is 31.1 Å². The number of aromatic nitrogens is 1. The van der Waals surface area contributed by atoms with Crippen LogP contribution in [0.15, 0.2) is 36.0 Å². The number of nitrogens with one attached hydrogen (secondary N) is 1. The molecule has 1 N–H and O–H groups in total. The van der Waals surface area contributed by atoms with Crippen molar-refractivity contribution in [1.29, 1.82) is 5.26 Å². The van der Waals surface area contributed by atoms with Gasteiger partial charge < -0.3 is 19.4 Å². The van der Waals surface area contributed by atoms with Crippen LogP contribution in [0, 0.1) is 23.2 Å². The number of carbonyl (C=O) groups is 1. The third-order valence-electron chi connectivity index (χ3n) is 6.52. The number of hydrogen-bond donors (Lipinski definition) is 1. The van der Waals surface area contributed by atoms with Crippen LogP contribution in [0.3, 0.4) is 0 Å². The molecule has 2 aliphatic heterocycles. The van der Waals surface area contributed by atoms with E-state index in [1.807, 2.05) is 18.2 Å². The summed E-state index contributed by atoms with van der Waals surface area (Å²) in [6.07, 6.45) is 4.13. The number of fused-ring (bicyclic) bond motifs is 5. The Balaban J connectivity index is 1.95. The summed E-state index contributed by atoms with van der Waals surface area (Å²) in [5, 5.41) is 11.0. The molecule has 29 heavy (non-hydrogen) atoms. The monoisotopic (exact) mass is 393 g/mol. The third-order valence-corrected chi connectivity index (χ3v) is 6.52. The molecule has 6 nitrogen and oxygen atoms in total. The van der Waals surface area contributed by atoms with Crippen LogP contribution >= 0.6 is 0 Å². The van der Waals surface area contributed by atoms with Crippen molar-refractivity contribution in [2.24, 2.45) is 11.8 Å². The zero-order chi connectivity index (χ0) is 20.6. The van der Waals surface area contributed by atoms with Crippen molar-refractivity contribution in [2.45, 2.75) is 31.8 Å². The molecule has 3 heterocycles. The topological polar surface area (TPSA) is 78.3 Å². The van der Waals surface area contributed by atoms with E-state index in [0.29, 0.717) is 6.42 Å². The summed E-state index contributed by atoms with van der Waals surface area (Å²) < 4.78 is 11.2. The van der Waals surface area contributed by atoms with Gasteiger partial charge in [0.25, 0.3) is 0 Å². The van der Waals surface area contributed by atoms with E-state index in [0.717, 1.165) is 53.7 Å². The highest BCUT2D eigenvalue weighted by atomic mass is 16.6. The highest BCUT2D eigenvalue weighted by molar-refractivity contribution is 5.89. The van der Waals surface area contributed by atoms with Gasteiger partial charge in [0.1, 0.15) is 0 Å². The van der Waals surface area contributed by atoms with E-state index in [-0.39, 0.29) is 11.8 Å². The largest absolute Gasteiger partial charge is 0.467 e. The number of ether oxygens (including phenoxy) is 2. The number of carbonyl (C=O) groups excluding carboxylic acids is 1. The van der Waals surface area contributed by atoms with Crippen LogP contribution in [0.25, 0.3) is 10.9 Å². The van der Waals surface area contributed by atoms with Gasteiger partial charge in [0.15, 0.2) is 0 Å². The molecule has 1 aromatic carbocycles. The van der Waals surface area contributed by atoms with Gasteiger partial charge in [-0.1, -0.05) is 25.1 Å². The fourth-order valence-electron chi connectivity index (χ4n) is 5.06. The van der Waals surface area contributed by atoms with Crippen molar-refractivity contribution in [3.05, 3.63) is 47.3 Å². The number of benzene rings is 1. The Morgan fingerprint density at radius 1 is 1.38 bits per heavy atom. The lowest BCUT2D eigenvalue weighted by atomic mass is 9.75. The maximum atomic E-state index is 13.2. The Bertz CT molecular complexity index is 1000.